The Labute approximate surface area is 126 Å². The number of nitrogens with zero attached hydrogens (tertiary/aromatic N) is 3. The van der Waals surface area contributed by atoms with Crippen LogP contribution >= 0.6 is 11.3 Å². The number of likely N-dealkylation sites (tertiary alicyclic amines) is 1. The Balaban J connectivity index is 1.56. The highest BCUT2D eigenvalue weighted by Crippen LogP contribution is 2.19. The molecule has 1 aliphatic rings. The normalized spacial score (nSPS) is 18.3. The highest BCUT2D eigenvalue weighted by Gasteiger charge is 2.25. The Kier molecular flexibility index (Phi) is 4.30. The van der Waals surface area contributed by atoms with Gasteiger partial charge in [-0.1, -0.05) is 0 Å². The van der Waals surface area contributed by atoms with Gasteiger partial charge in [0.15, 0.2) is 0 Å². The average Bonchev–Trinajstić information content (AvgIpc) is 3.01. The number of anilines is 1. The molecule has 0 saturated carbocycles. The van der Waals surface area contributed by atoms with Gasteiger partial charge in [0.1, 0.15) is 6.10 Å². The van der Waals surface area contributed by atoms with Crippen LogP contribution < -0.4 is 10.1 Å². The number of ether oxygens (including phenoxy) is 1. The number of carbonyl (C=O) groups excluding carboxylic acids is 1. The van der Waals surface area contributed by atoms with Crippen LogP contribution in [-0.2, 0) is 0 Å². The number of carbonyl (C=O) groups is 1. The number of piperidine rings is 1. The zero-order valence-corrected chi connectivity index (χ0v) is 12.3. The fourth-order valence-corrected chi connectivity index (χ4v) is 2.88. The van der Waals surface area contributed by atoms with E-state index in [0.717, 1.165) is 24.4 Å². The maximum atomic E-state index is 12.2. The quantitative estimate of drug-likeness (QED) is 0.946. The molecule has 21 heavy (non-hydrogen) atoms. The molecule has 3 heterocycles. The van der Waals surface area contributed by atoms with Gasteiger partial charge in [-0.25, -0.2) is 4.79 Å². The van der Waals surface area contributed by atoms with Gasteiger partial charge < -0.3 is 9.64 Å². The van der Waals surface area contributed by atoms with Crippen molar-refractivity contribution < 1.29 is 9.53 Å². The molecule has 110 valence electrons. The lowest BCUT2D eigenvalue weighted by atomic mass is 10.1. The number of urea groups is 1. The summed E-state index contributed by atoms with van der Waals surface area (Å²) in [7, 11) is 0. The number of hydrogen-bond donors (Lipinski definition) is 1. The molecule has 3 rings (SSSR count). The fourth-order valence-electron chi connectivity index (χ4n) is 2.27. The second-order valence-electron chi connectivity index (χ2n) is 4.80. The highest BCUT2D eigenvalue weighted by atomic mass is 32.1. The van der Waals surface area contributed by atoms with E-state index in [0.29, 0.717) is 12.4 Å². The van der Waals surface area contributed by atoms with E-state index in [-0.39, 0.29) is 12.1 Å². The first-order valence-electron chi connectivity index (χ1n) is 6.85. The molecule has 2 amide bonds. The first-order chi connectivity index (χ1) is 10.3. The van der Waals surface area contributed by atoms with Gasteiger partial charge >= 0.3 is 6.03 Å². The first-order valence-corrected chi connectivity index (χ1v) is 7.73. The summed E-state index contributed by atoms with van der Waals surface area (Å²) in [5, 5.41) is 13.4. The number of nitrogens with one attached hydrogen (secondary N) is 1. The number of rotatable bonds is 3. The van der Waals surface area contributed by atoms with E-state index in [1.807, 2.05) is 17.5 Å². The molecule has 0 radical (unpaired) electrons. The molecule has 6 nitrogen and oxygen atoms in total. The van der Waals surface area contributed by atoms with Gasteiger partial charge in [-0.05, 0) is 36.4 Å². The SMILES string of the molecule is O=C(Nc1cccs1)N1CCCC(Oc2cccnn2)C1. The standard InChI is InChI=1S/C14H16N4O2S/c19-14(16-13-6-3-9-21-13)18-8-2-4-11(10-18)20-12-5-1-7-15-17-12/h1,3,5-7,9,11H,2,4,8,10H2,(H,16,19). The summed E-state index contributed by atoms with van der Waals surface area (Å²) in [4.78, 5) is 14.0. The second kappa shape index (κ2) is 6.53. The summed E-state index contributed by atoms with van der Waals surface area (Å²) in [6, 6.07) is 7.28. The molecule has 7 heteroatoms. The van der Waals surface area contributed by atoms with Crippen molar-refractivity contribution in [2.75, 3.05) is 18.4 Å². The summed E-state index contributed by atoms with van der Waals surface area (Å²) >= 11 is 1.51. The van der Waals surface area contributed by atoms with Gasteiger partial charge in [0, 0.05) is 18.8 Å². The van der Waals surface area contributed by atoms with E-state index >= 15 is 0 Å². The van der Waals surface area contributed by atoms with Crippen molar-refractivity contribution in [2.24, 2.45) is 0 Å². The summed E-state index contributed by atoms with van der Waals surface area (Å²) < 4.78 is 5.78. The molecular formula is C14H16N4O2S. The smallest absolute Gasteiger partial charge is 0.322 e. The number of aromatic nitrogens is 2. The Morgan fingerprint density at radius 1 is 1.43 bits per heavy atom. The molecular weight excluding hydrogens is 288 g/mol. The van der Waals surface area contributed by atoms with Crippen LogP contribution in [-0.4, -0.2) is 40.3 Å². The van der Waals surface area contributed by atoms with Gasteiger partial charge in [0.25, 0.3) is 0 Å². The Bertz CT molecular complexity index is 576. The molecule has 1 atom stereocenters. The van der Waals surface area contributed by atoms with Crippen LogP contribution in [0.3, 0.4) is 0 Å². The van der Waals surface area contributed by atoms with Crippen LogP contribution in [0.5, 0.6) is 5.88 Å². The fraction of sp³-hybridized carbons (Fsp3) is 0.357. The predicted octanol–water partition coefficient (Wildman–Crippen LogP) is 2.61. The van der Waals surface area contributed by atoms with Crippen LogP contribution in [0.1, 0.15) is 12.8 Å². The third kappa shape index (κ3) is 3.69. The van der Waals surface area contributed by atoms with Crippen molar-refractivity contribution in [3.8, 4) is 5.88 Å². The molecule has 1 N–H and O–H groups in total. The topological polar surface area (TPSA) is 67.4 Å². The minimum absolute atomic E-state index is 0.0375. The number of thiophene rings is 1. The van der Waals surface area contributed by atoms with Crippen molar-refractivity contribution in [1.29, 1.82) is 0 Å². The number of amides is 2. The lowest BCUT2D eigenvalue weighted by Gasteiger charge is -2.32. The molecule has 2 aromatic heterocycles. The second-order valence-corrected chi connectivity index (χ2v) is 5.75. The predicted molar refractivity (Wildman–Crippen MR) is 80.6 cm³/mol. The van der Waals surface area contributed by atoms with Crippen LogP contribution in [0.4, 0.5) is 9.80 Å². The molecule has 0 aliphatic carbocycles. The zero-order chi connectivity index (χ0) is 14.5. The molecule has 0 aromatic carbocycles. The summed E-state index contributed by atoms with van der Waals surface area (Å²) in [6.07, 6.45) is 3.40. The van der Waals surface area contributed by atoms with E-state index in [1.165, 1.54) is 11.3 Å². The third-order valence-corrected chi connectivity index (χ3v) is 4.04. The lowest BCUT2D eigenvalue weighted by Crippen LogP contribution is -2.46. The van der Waals surface area contributed by atoms with Crippen molar-refractivity contribution in [2.45, 2.75) is 18.9 Å². The molecule has 0 bridgehead atoms. The molecule has 1 unspecified atom stereocenters. The zero-order valence-electron chi connectivity index (χ0n) is 11.4. The molecule has 2 aromatic rings. The van der Waals surface area contributed by atoms with Gasteiger partial charge in [-0.2, -0.15) is 5.10 Å². The Hall–Kier alpha value is -2.15. The van der Waals surface area contributed by atoms with Gasteiger partial charge in [0.2, 0.25) is 5.88 Å². The first kappa shape index (κ1) is 13.8. The van der Waals surface area contributed by atoms with E-state index in [9.17, 15) is 4.79 Å². The van der Waals surface area contributed by atoms with Crippen molar-refractivity contribution >= 4 is 22.4 Å². The van der Waals surface area contributed by atoms with E-state index < -0.39 is 0 Å². The van der Waals surface area contributed by atoms with Crippen molar-refractivity contribution in [1.82, 2.24) is 15.1 Å². The maximum absolute atomic E-state index is 12.2. The van der Waals surface area contributed by atoms with E-state index in [2.05, 4.69) is 15.5 Å². The maximum Gasteiger partial charge on any atom is 0.322 e. The van der Waals surface area contributed by atoms with E-state index in [1.54, 1.807) is 23.2 Å². The van der Waals surface area contributed by atoms with Crippen LogP contribution in [0.15, 0.2) is 35.8 Å². The van der Waals surface area contributed by atoms with Gasteiger partial charge in [-0.15, -0.1) is 16.4 Å². The third-order valence-electron chi connectivity index (χ3n) is 3.25. The van der Waals surface area contributed by atoms with Gasteiger partial charge in [0.05, 0.1) is 11.5 Å². The van der Waals surface area contributed by atoms with Crippen LogP contribution in [0.25, 0.3) is 0 Å². The summed E-state index contributed by atoms with van der Waals surface area (Å²) in [5.74, 6) is 0.503. The summed E-state index contributed by atoms with van der Waals surface area (Å²) in [5.41, 5.74) is 0. The largest absolute Gasteiger partial charge is 0.471 e. The molecule has 1 aliphatic heterocycles. The van der Waals surface area contributed by atoms with Crippen molar-refractivity contribution in [3.63, 3.8) is 0 Å². The average molecular weight is 304 g/mol. The lowest BCUT2D eigenvalue weighted by molar-refractivity contribution is 0.102. The summed E-state index contributed by atoms with van der Waals surface area (Å²) in [6.45, 7) is 1.31. The minimum Gasteiger partial charge on any atom is -0.471 e. The Morgan fingerprint density at radius 2 is 2.38 bits per heavy atom. The van der Waals surface area contributed by atoms with Crippen LogP contribution in [0, 0.1) is 0 Å². The monoisotopic (exact) mass is 304 g/mol. The molecule has 1 saturated heterocycles. The molecule has 1 fully saturated rings. The van der Waals surface area contributed by atoms with Gasteiger partial charge in [-0.3, -0.25) is 5.32 Å². The Morgan fingerprint density at radius 3 is 3.14 bits per heavy atom. The minimum atomic E-state index is -0.0788. The van der Waals surface area contributed by atoms with Crippen LogP contribution in [0.2, 0.25) is 0 Å². The van der Waals surface area contributed by atoms with Crippen molar-refractivity contribution in [3.05, 3.63) is 35.8 Å². The molecule has 0 spiro atoms. The van der Waals surface area contributed by atoms with E-state index in [4.69, 9.17) is 4.74 Å². The highest BCUT2D eigenvalue weighted by molar-refractivity contribution is 7.14. The number of hydrogen-bond acceptors (Lipinski definition) is 5.